The summed E-state index contributed by atoms with van der Waals surface area (Å²) in [5.74, 6) is 0.636. The van der Waals surface area contributed by atoms with E-state index in [0.717, 1.165) is 39.1 Å². The van der Waals surface area contributed by atoms with Crippen molar-refractivity contribution in [1.82, 2.24) is 10.2 Å². The molecule has 0 aliphatic carbocycles. The smallest absolute Gasteiger partial charge is 0.410 e. The lowest BCUT2D eigenvalue weighted by Gasteiger charge is -2.33. The molecule has 1 N–H and O–H groups in total. The number of nitrogens with one attached hydrogen (secondary N) is 1. The largest absolute Gasteiger partial charge is 0.444 e. The van der Waals surface area contributed by atoms with E-state index in [1.54, 1.807) is 4.90 Å². The Morgan fingerprint density at radius 2 is 1.82 bits per heavy atom. The molecule has 1 unspecified atom stereocenters. The third-order valence-corrected chi connectivity index (χ3v) is 4.02. The van der Waals surface area contributed by atoms with Gasteiger partial charge in [-0.3, -0.25) is 0 Å². The van der Waals surface area contributed by atoms with Gasteiger partial charge >= 0.3 is 6.09 Å². The van der Waals surface area contributed by atoms with Crippen molar-refractivity contribution in [1.29, 1.82) is 0 Å². The monoisotopic (exact) mass is 314 g/mol. The van der Waals surface area contributed by atoms with Crippen LogP contribution in [0.3, 0.4) is 0 Å². The molecular formula is C17H34N2O3. The van der Waals surface area contributed by atoms with Crippen LogP contribution in [0.15, 0.2) is 0 Å². The quantitative estimate of drug-likeness (QED) is 0.766. The van der Waals surface area contributed by atoms with Crippen molar-refractivity contribution in [3.63, 3.8) is 0 Å². The van der Waals surface area contributed by atoms with Crippen molar-refractivity contribution in [2.45, 2.75) is 72.1 Å². The van der Waals surface area contributed by atoms with Gasteiger partial charge in [-0.25, -0.2) is 4.79 Å². The molecule has 0 aromatic carbocycles. The van der Waals surface area contributed by atoms with Crippen molar-refractivity contribution < 1.29 is 14.3 Å². The molecule has 0 bridgehead atoms. The van der Waals surface area contributed by atoms with Crippen LogP contribution in [0.5, 0.6) is 0 Å². The van der Waals surface area contributed by atoms with Crippen molar-refractivity contribution in [3.05, 3.63) is 0 Å². The minimum absolute atomic E-state index is 0.210. The normalized spacial score (nSPS) is 18.6. The fraction of sp³-hybridized carbons (Fsp3) is 0.941. The zero-order valence-electron chi connectivity index (χ0n) is 15.1. The SMILES string of the molecule is CC(C)C(C)NCCOC1CCN(C(=O)OC(C)(C)C)CC1. The van der Waals surface area contributed by atoms with Crippen molar-refractivity contribution in [3.8, 4) is 0 Å². The van der Waals surface area contributed by atoms with E-state index in [2.05, 4.69) is 26.1 Å². The summed E-state index contributed by atoms with van der Waals surface area (Å²) in [4.78, 5) is 13.8. The lowest BCUT2D eigenvalue weighted by molar-refractivity contribution is -0.0108. The highest BCUT2D eigenvalue weighted by Gasteiger charge is 2.27. The van der Waals surface area contributed by atoms with Gasteiger partial charge in [0.15, 0.2) is 0 Å². The number of likely N-dealkylation sites (tertiary alicyclic amines) is 1. The average Bonchev–Trinajstić information content (AvgIpc) is 2.42. The molecule has 1 rings (SSSR count). The Morgan fingerprint density at radius 3 is 2.32 bits per heavy atom. The van der Waals surface area contributed by atoms with Crippen LogP contribution < -0.4 is 5.32 Å². The second kappa shape index (κ2) is 8.73. The molecule has 5 nitrogen and oxygen atoms in total. The number of nitrogens with zero attached hydrogens (tertiary/aromatic N) is 1. The van der Waals surface area contributed by atoms with Crippen molar-refractivity contribution in [2.24, 2.45) is 5.92 Å². The summed E-state index contributed by atoms with van der Waals surface area (Å²) in [7, 11) is 0. The van der Waals surface area contributed by atoms with E-state index >= 15 is 0 Å². The van der Waals surface area contributed by atoms with Crippen LogP contribution in [0.4, 0.5) is 4.79 Å². The van der Waals surface area contributed by atoms with Gasteiger partial charge in [0.25, 0.3) is 0 Å². The fourth-order valence-electron chi connectivity index (χ4n) is 2.28. The summed E-state index contributed by atoms with van der Waals surface area (Å²) in [5, 5.41) is 3.46. The molecule has 0 radical (unpaired) electrons. The first-order valence-electron chi connectivity index (χ1n) is 8.52. The summed E-state index contributed by atoms with van der Waals surface area (Å²) < 4.78 is 11.3. The summed E-state index contributed by atoms with van der Waals surface area (Å²) in [6.45, 7) is 15.4. The van der Waals surface area contributed by atoms with Gasteiger partial charge in [-0.05, 0) is 46.5 Å². The van der Waals surface area contributed by atoms with Gasteiger partial charge in [0.2, 0.25) is 0 Å². The second-order valence-corrected chi connectivity index (χ2v) is 7.52. The molecule has 1 saturated heterocycles. The number of carbonyl (C=O) groups excluding carboxylic acids is 1. The number of hydrogen-bond donors (Lipinski definition) is 1. The zero-order chi connectivity index (χ0) is 16.8. The van der Waals surface area contributed by atoms with Gasteiger partial charge in [-0.2, -0.15) is 0 Å². The molecule has 1 aliphatic rings. The van der Waals surface area contributed by atoms with Crippen LogP contribution >= 0.6 is 0 Å². The summed E-state index contributed by atoms with van der Waals surface area (Å²) in [5.41, 5.74) is -0.427. The minimum Gasteiger partial charge on any atom is -0.444 e. The molecule has 5 heteroatoms. The van der Waals surface area contributed by atoms with E-state index in [-0.39, 0.29) is 12.2 Å². The van der Waals surface area contributed by atoms with E-state index in [1.807, 2.05) is 20.8 Å². The molecule has 130 valence electrons. The van der Waals surface area contributed by atoms with E-state index in [1.165, 1.54) is 0 Å². The molecule has 1 atom stereocenters. The maximum Gasteiger partial charge on any atom is 0.410 e. The Hall–Kier alpha value is -0.810. The minimum atomic E-state index is -0.427. The Bertz CT molecular complexity index is 331. The Labute approximate surface area is 135 Å². The van der Waals surface area contributed by atoms with Gasteiger partial charge in [0.05, 0.1) is 12.7 Å². The predicted octanol–water partition coefficient (Wildman–Crippen LogP) is 3.04. The third-order valence-electron chi connectivity index (χ3n) is 4.02. The number of hydrogen-bond acceptors (Lipinski definition) is 4. The molecule has 1 aliphatic heterocycles. The zero-order valence-corrected chi connectivity index (χ0v) is 15.1. The molecule has 22 heavy (non-hydrogen) atoms. The van der Waals surface area contributed by atoms with Gasteiger partial charge in [0.1, 0.15) is 5.60 Å². The van der Waals surface area contributed by atoms with E-state index in [4.69, 9.17) is 9.47 Å². The highest BCUT2D eigenvalue weighted by atomic mass is 16.6. The lowest BCUT2D eigenvalue weighted by atomic mass is 10.1. The first-order valence-corrected chi connectivity index (χ1v) is 8.52. The molecule has 0 spiro atoms. The van der Waals surface area contributed by atoms with Crippen LogP contribution in [-0.4, -0.2) is 55.0 Å². The van der Waals surface area contributed by atoms with E-state index in [9.17, 15) is 4.79 Å². The number of rotatable bonds is 6. The van der Waals surface area contributed by atoms with Crippen LogP contribution in [-0.2, 0) is 9.47 Å². The number of ether oxygens (including phenoxy) is 2. The lowest BCUT2D eigenvalue weighted by Crippen LogP contribution is -2.44. The summed E-state index contributed by atoms with van der Waals surface area (Å²) >= 11 is 0. The van der Waals surface area contributed by atoms with Crippen LogP contribution in [0.1, 0.15) is 54.4 Å². The van der Waals surface area contributed by atoms with Crippen molar-refractivity contribution in [2.75, 3.05) is 26.2 Å². The third kappa shape index (κ3) is 7.45. The number of piperidine rings is 1. The standard InChI is InChI=1S/C17H34N2O3/c1-13(2)14(3)18-9-12-21-15-7-10-19(11-8-15)16(20)22-17(4,5)6/h13-15,18H,7-12H2,1-6H3. The second-order valence-electron chi connectivity index (χ2n) is 7.52. The maximum atomic E-state index is 12.0. The molecule has 0 aromatic heterocycles. The molecule has 1 amide bonds. The fourth-order valence-corrected chi connectivity index (χ4v) is 2.28. The Kier molecular flexibility index (Phi) is 7.63. The number of carbonyl (C=O) groups is 1. The van der Waals surface area contributed by atoms with Crippen LogP contribution in [0, 0.1) is 5.92 Å². The molecule has 1 fully saturated rings. The Balaban J connectivity index is 2.16. The summed E-state index contributed by atoms with van der Waals surface area (Å²) in [6.07, 6.45) is 1.83. The van der Waals surface area contributed by atoms with Crippen molar-refractivity contribution >= 4 is 6.09 Å². The van der Waals surface area contributed by atoms with Crippen LogP contribution in [0.25, 0.3) is 0 Å². The van der Waals surface area contributed by atoms with Gasteiger partial charge < -0.3 is 19.7 Å². The van der Waals surface area contributed by atoms with E-state index in [0.29, 0.717) is 12.0 Å². The molecule has 0 saturated carbocycles. The molecule has 1 heterocycles. The maximum absolute atomic E-state index is 12.0. The molecule has 0 aromatic rings. The highest BCUT2D eigenvalue weighted by molar-refractivity contribution is 5.68. The number of amides is 1. The predicted molar refractivity (Wildman–Crippen MR) is 89.1 cm³/mol. The molecular weight excluding hydrogens is 280 g/mol. The first-order chi connectivity index (χ1) is 10.2. The highest BCUT2D eigenvalue weighted by Crippen LogP contribution is 2.17. The van der Waals surface area contributed by atoms with Gasteiger partial charge in [0, 0.05) is 25.7 Å². The van der Waals surface area contributed by atoms with Crippen LogP contribution in [0.2, 0.25) is 0 Å². The first kappa shape index (κ1) is 19.2. The average molecular weight is 314 g/mol. The van der Waals surface area contributed by atoms with E-state index < -0.39 is 5.60 Å². The van der Waals surface area contributed by atoms with Gasteiger partial charge in [-0.15, -0.1) is 0 Å². The topological polar surface area (TPSA) is 50.8 Å². The summed E-state index contributed by atoms with van der Waals surface area (Å²) in [6, 6.07) is 0.512. The van der Waals surface area contributed by atoms with Gasteiger partial charge in [-0.1, -0.05) is 13.8 Å². The Morgan fingerprint density at radius 1 is 1.23 bits per heavy atom.